The zero-order chi connectivity index (χ0) is 13.7. The summed E-state index contributed by atoms with van der Waals surface area (Å²) in [6.45, 7) is 0.832. The summed E-state index contributed by atoms with van der Waals surface area (Å²) in [5, 5.41) is 0. The molecule has 4 heteroatoms. The van der Waals surface area contributed by atoms with Gasteiger partial charge in [0.25, 0.3) is 0 Å². The monoisotopic (exact) mass is 326 g/mol. The molecule has 0 radical (unpaired) electrons. The Bertz CT molecular complexity index is 439. The third-order valence-corrected chi connectivity index (χ3v) is 3.92. The Kier molecular flexibility index (Phi) is 5.40. The van der Waals surface area contributed by atoms with E-state index >= 15 is 0 Å². The molecule has 0 aromatic heterocycles. The minimum absolute atomic E-state index is 0.118. The summed E-state index contributed by atoms with van der Waals surface area (Å²) >= 11 is 3.39. The third-order valence-electron chi connectivity index (χ3n) is 3.43. The van der Waals surface area contributed by atoms with E-state index in [-0.39, 0.29) is 11.9 Å². The molecule has 3 nitrogen and oxygen atoms in total. The van der Waals surface area contributed by atoms with Gasteiger partial charge in [0.2, 0.25) is 0 Å². The Balaban J connectivity index is 1.97. The van der Waals surface area contributed by atoms with Gasteiger partial charge in [0.15, 0.2) is 5.78 Å². The first-order chi connectivity index (χ1) is 9.20. The fraction of sp³-hybridized carbons (Fsp3) is 0.533. The van der Waals surface area contributed by atoms with E-state index in [1.807, 2.05) is 18.2 Å². The maximum absolute atomic E-state index is 12.3. The summed E-state index contributed by atoms with van der Waals surface area (Å²) < 4.78 is 11.8. The Morgan fingerprint density at radius 2 is 2.32 bits per heavy atom. The van der Waals surface area contributed by atoms with Crippen LogP contribution in [0.5, 0.6) is 5.75 Å². The second-order valence-corrected chi connectivity index (χ2v) is 5.71. The minimum atomic E-state index is 0.118. The van der Waals surface area contributed by atoms with E-state index in [4.69, 9.17) is 9.47 Å². The van der Waals surface area contributed by atoms with Gasteiger partial charge in [-0.3, -0.25) is 4.79 Å². The fourth-order valence-electron chi connectivity index (χ4n) is 2.36. The average Bonchev–Trinajstić information content (AvgIpc) is 2.46. The summed E-state index contributed by atoms with van der Waals surface area (Å²) in [5.74, 6) is 0.755. The maximum Gasteiger partial charge on any atom is 0.166 e. The highest BCUT2D eigenvalue weighted by atomic mass is 79.9. The summed E-state index contributed by atoms with van der Waals surface area (Å²) in [5.41, 5.74) is 0.646. The molecule has 0 N–H and O–H groups in total. The molecule has 1 heterocycles. The lowest BCUT2D eigenvalue weighted by molar-refractivity contribution is 0.0104. The smallest absolute Gasteiger partial charge is 0.166 e. The molecule has 0 saturated carbocycles. The average molecular weight is 327 g/mol. The molecule has 0 aliphatic carbocycles. The molecule has 2 rings (SSSR count). The Hall–Kier alpha value is -0.870. The molecular weight excluding hydrogens is 308 g/mol. The Morgan fingerprint density at radius 1 is 1.47 bits per heavy atom. The Morgan fingerprint density at radius 3 is 3.00 bits per heavy atom. The van der Waals surface area contributed by atoms with Crippen LogP contribution in [0.3, 0.4) is 0 Å². The van der Waals surface area contributed by atoms with E-state index in [1.165, 1.54) is 6.42 Å². The van der Waals surface area contributed by atoms with Crippen LogP contribution in [-0.4, -0.2) is 25.6 Å². The van der Waals surface area contributed by atoms with Crippen molar-refractivity contribution in [3.05, 3.63) is 28.2 Å². The van der Waals surface area contributed by atoms with Crippen LogP contribution in [-0.2, 0) is 4.74 Å². The van der Waals surface area contributed by atoms with Gasteiger partial charge in [-0.15, -0.1) is 0 Å². The van der Waals surface area contributed by atoms with Crippen molar-refractivity contribution in [3.8, 4) is 5.75 Å². The molecule has 0 spiro atoms. The van der Waals surface area contributed by atoms with Gasteiger partial charge in [-0.25, -0.2) is 0 Å². The zero-order valence-corrected chi connectivity index (χ0v) is 12.7. The topological polar surface area (TPSA) is 35.5 Å². The highest BCUT2D eigenvalue weighted by Gasteiger charge is 2.18. The summed E-state index contributed by atoms with van der Waals surface area (Å²) in [6.07, 6.45) is 4.98. The van der Waals surface area contributed by atoms with Crippen molar-refractivity contribution in [1.82, 2.24) is 0 Å². The molecule has 0 bridgehead atoms. The van der Waals surface area contributed by atoms with Crippen molar-refractivity contribution in [1.29, 1.82) is 0 Å². The number of Topliss-reactive ketones (excluding diaryl/α,β-unsaturated/α-hetero) is 1. The molecule has 1 fully saturated rings. The highest BCUT2D eigenvalue weighted by molar-refractivity contribution is 9.10. The van der Waals surface area contributed by atoms with Crippen molar-refractivity contribution < 1.29 is 14.3 Å². The second-order valence-electron chi connectivity index (χ2n) is 4.80. The lowest BCUT2D eigenvalue weighted by Gasteiger charge is -2.22. The van der Waals surface area contributed by atoms with Crippen LogP contribution >= 0.6 is 15.9 Å². The number of hydrogen-bond donors (Lipinski definition) is 0. The highest BCUT2D eigenvalue weighted by Crippen LogP contribution is 2.25. The van der Waals surface area contributed by atoms with Crippen molar-refractivity contribution in [2.24, 2.45) is 0 Å². The van der Waals surface area contributed by atoms with Crippen LogP contribution in [0.2, 0.25) is 0 Å². The van der Waals surface area contributed by atoms with Gasteiger partial charge in [-0.2, -0.15) is 0 Å². The lowest BCUT2D eigenvalue weighted by atomic mass is 10.00. The number of methoxy groups -OCH3 is 1. The van der Waals surface area contributed by atoms with E-state index in [0.717, 1.165) is 30.3 Å². The molecule has 1 saturated heterocycles. The fourth-order valence-corrected chi connectivity index (χ4v) is 2.72. The summed E-state index contributed by atoms with van der Waals surface area (Å²) in [7, 11) is 1.59. The predicted molar refractivity (Wildman–Crippen MR) is 77.8 cm³/mol. The molecule has 19 heavy (non-hydrogen) atoms. The molecular formula is C15H19BrO3. The van der Waals surface area contributed by atoms with Gasteiger partial charge in [0, 0.05) is 17.5 Å². The van der Waals surface area contributed by atoms with Crippen molar-refractivity contribution in [3.63, 3.8) is 0 Å². The zero-order valence-electron chi connectivity index (χ0n) is 11.2. The second kappa shape index (κ2) is 7.06. The van der Waals surface area contributed by atoms with Crippen molar-refractivity contribution in [2.75, 3.05) is 13.7 Å². The summed E-state index contributed by atoms with van der Waals surface area (Å²) in [4.78, 5) is 12.3. The predicted octanol–water partition coefficient (Wildman–Crippen LogP) is 3.99. The number of carbonyl (C=O) groups is 1. The molecule has 1 atom stereocenters. The van der Waals surface area contributed by atoms with Gasteiger partial charge in [-0.1, -0.05) is 15.9 Å². The normalized spacial score (nSPS) is 19.2. The van der Waals surface area contributed by atoms with Crippen LogP contribution < -0.4 is 4.74 Å². The van der Waals surface area contributed by atoms with Gasteiger partial charge in [-0.05, 0) is 43.9 Å². The van der Waals surface area contributed by atoms with Crippen LogP contribution in [0.15, 0.2) is 22.7 Å². The number of hydrogen-bond acceptors (Lipinski definition) is 3. The molecule has 1 aromatic rings. The lowest BCUT2D eigenvalue weighted by Crippen LogP contribution is -2.20. The first kappa shape index (κ1) is 14.5. The summed E-state index contributed by atoms with van der Waals surface area (Å²) in [6, 6.07) is 5.51. The van der Waals surface area contributed by atoms with E-state index in [0.29, 0.717) is 17.7 Å². The number of ketones is 1. The SMILES string of the molecule is COc1ccc(Br)cc1C(=O)CCC1CCCCO1. The minimum Gasteiger partial charge on any atom is -0.496 e. The standard InChI is InChI=1S/C15H19BrO3/c1-18-15-8-5-11(16)10-13(15)14(17)7-6-12-4-2-3-9-19-12/h5,8,10,12H,2-4,6-7,9H2,1H3. The number of benzene rings is 1. The number of carbonyl (C=O) groups excluding carboxylic acids is 1. The molecule has 0 amide bonds. The number of rotatable bonds is 5. The van der Waals surface area contributed by atoms with Gasteiger partial charge in [0.05, 0.1) is 18.8 Å². The quantitative estimate of drug-likeness (QED) is 0.767. The third kappa shape index (κ3) is 4.05. The maximum atomic E-state index is 12.3. The van der Waals surface area contributed by atoms with E-state index in [1.54, 1.807) is 7.11 Å². The molecule has 1 aliphatic heterocycles. The molecule has 1 unspecified atom stereocenters. The first-order valence-electron chi connectivity index (χ1n) is 6.69. The van der Waals surface area contributed by atoms with Gasteiger partial charge in [0.1, 0.15) is 5.75 Å². The van der Waals surface area contributed by atoms with E-state index in [2.05, 4.69) is 15.9 Å². The molecule has 104 valence electrons. The first-order valence-corrected chi connectivity index (χ1v) is 7.48. The van der Waals surface area contributed by atoms with Gasteiger partial charge < -0.3 is 9.47 Å². The van der Waals surface area contributed by atoms with Gasteiger partial charge >= 0.3 is 0 Å². The largest absolute Gasteiger partial charge is 0.496 e. The van der Waals surface area contributed by atoms with Crippen molar-refractivity contribution in [2.45, 2.75) is 38.2 Å². The van der Waals surface area contributed by atoms with E-state index < -0.39 is 0 Å². The van der Waals surface area contributed by atoms with Crippen LogP contribution in [0.1, 0.15) is 42.5 Å². The van der Waals surface area contributed by atoms with Crippen LogP contribution in [0.4, 0.5) is 0 Å². The Labute approximate surface area is 122 Å². The van der Waals surface area contributed by atoms with Crippen molar-refractivity contribution >= 4 is 21.7 Å². The van der Waals surface area contributed by atoms with Crippen LogP contribution in [0, 0.1) is 0 Å². The number of ether oxygens (including phenoxy) is 2. The van der Waals surface area contributed by atoms with E-state index in [9.17, 15) is 4.79 Å². The molecule has 1 aromatic carbocycles. The molecule has 1 aliphatic rings. The van der Waals surface area contributed by atoms with Crippen LogP contribution in [0.25, 0.3) is 0 Å². The number of halogens is 1.